The molecule has 0 radical (unpaired) electrons. The van der Waals surface area contributed by atoms with Crippen molar-refractivity contribution in [1.29, 1.82) is 0 Å². The van der Waals surface area contributed by atoms with Crippen LogP contribution >= 0.6 is 24.0 Å². The van der Waals surface area contributed by atoms with Crippen LogP contribution < -0.4 is 15.8 Å². The molecule has 2 aromatic rings. The van der Waals surface area contributed by atoms with Gasteiger partial charge in [0.25, 0.3) is 0 Å². The molecule has 0 saturated heterocycles. The quantitative estimate of drug-likeness (QED) is 0.405. The number of halogens is 3. The Bertz CT molecular complexity index is 708. The van der Waals surface area contributed by atoms with Crippen molar-refractivity contribution in [3.8, 4) is 5.75 Å². The zero-order valence-electron chi connectivity index (χ0n) is 13.4. The van der Waals surface area contributed by atoms with E-state index >= 15 is 0 Å². The van der Waals surface area contributed by atoms with Gasteiger partial charge >= 0.3 is 6.61 Å². The number of hydrogen-bond donors (Lipinski definition) is 2. The van der Waals surface area contributed by atoms with Gasteiger partial charge in [0.05, 0.1) is 6.54 Å². The first-order valence-corrected chi connectivity index (χ1v) is 7.12. The third-order valence-corrected chi connectivity index (χ3v) is 3.33. The minimum Gasteiger partial charge on any atom is -0.435 e. The summed E-state index contributed by atoms with van der Waals surface area (Å²) < 4.78 is 28.7. The van der Waals surface area contributed by atoms with Gasteiger partial charge < -0.3 is 15.8 Å². The highest BCUT2D eigenvalue weighted by Gasteiger charge is 2.04. The molecule has 0 bridgehead atoms. The van der Waals surface area contributed by atoms with Gasteiger partial charge in [0.2, 0.25) is 0 Å². The van der Waals surface area contributed by atoms with Crippen molar-refractivity contribution < 1.29 is 13.5 Å². The van der Waals surface area contributed by atoms with E-state index in [9.17, 15) is 8.78 Å². The second kappa shape index (κ2) is 9.41. The van der Waals surface area contributed by atoms with Gasteiger partial charge in [-0.05, 0) is 54.8 Å². The van der Waals surface area contributed by atoms with E-state index in [4.69, 9.17) is 5.73 Å². The second-order valence-electron chi connectivity index (χ2n) is 5.15. The van der Waals surface area contributed by atoms with E-state index in [0.717, 1.165) is 16.8 Å². The number of aliphatic imine (C=N–C) groups is 1. The van der Waals surface area contributed by atoms with E-state index < -0.39 is 6.61 Å². The van der Waals surface area contributed by atoms with Gasteiger partial charge in [-0.15, -0.1) is 24.0 Å². The van der Waals surface area contributed by atoms with Crippen LogP contribution in [0.2, 0.25) is 0 Å². The van der Waals surface area contributed by atoms with Gasteiger partial charge in [0, 0.05) is 5.69 Å². The zero-order chi connectivity index (χ0) is 16.8. The first kappa shape index (κ1) is 20.1. The van der Waals surface area contributed by atoms with Crippen LogP contribution in [-0.2, 0) is 6.54 Å². The average Bonchev–Trinajstić information content (AvgIpc) is 2.49. The van der Waals surface area contributed by atoms with Gasteiger partial charge in [0.15, 0.2) is 5.96 Å². The van der Waals surface area contributed by atoms with Crippen molar-refractivity contribution in [2.45, 2.75) is 27.0 Å². The summed E-state index contributed by atoms with van der Waals surface area (Å²) in [5.41, 5.74) is 9.78. The molecule has 0 amide bonds. The number of nitrogens with zero attached hydrogens (tertiary/aromatic N) is 1. The van der Waals surface area contributed by atoms with E-state index in [-0.39, 0.29) is 42.2 Å². The molecule has 0 aliphatic carbocycles. The Labute approximate surface area is 157 Å². The third-order valence-electron chi connectivity index (χ3n) is 3.33. The van der Waals surface area contributed by atoms with Crippen molar-refractivity contribution in [2.24, 2.45) is 10.7 Å². The van der Waals surface area contributed by atoms with Gasteiger partial charge in [-0.3, -0.25) is 0 Å². The smallest absolute Gasteiger partial charge is 0.387 e. The molecule has 24 heavy (non-hydrogen) atoms. The first-order chi connectivity index (χ1) is 10.9. The van der Waals surface area contributed by atoms with E-state index in [2.05, 4.69) is 15.0 Å². The summed E-state index contributed by atoms with van der Waals surface area (Å²) in [6, 6.07) is 12.3. The molecular formula is C17H20F2IN3O. The lowest BCUT2D eigenvalue weighted by molar-refractivity contribution is -0.0498. The van der Waals surface area contributed by atoms with Crippen molar-refractivity contribution in [1.82, 2.24) is 0 Å². The fourth-order valence-electron chi connectivity index (χ4n) is 2.00. The number of alkyl halides is 2. The first-order valence-electron chi connectivity index (χ1n) is 7.12. The van der Waals surface area contributed by atoms with Crippen LogP contribution in [0.4, 0.5) is 14.5 Å². The second-order valence-corrected chi connectivity index (χ2v) is 5.15. The monoisotopic (exact) mass is 447 g/mol. The summed E-state index contributed by atoms with van der Waals surface area (Å²) in [4.78, 5) is 4.20. The lowest BCUT2D eigenvalue weighted by atomic mass is 10.1. The average molecular weight is 447 g/mol. The van der Waals surface area contributed by atoms with Crippen molar-refractivity contribution in [3.63, 3.8) is 0 Å². The maximum Gasteiger partial charge on any atom is 0.387 e. The van der Waals surface area contributed by atoms with Crippen molar-refractivity contribution >= 4 is 35.6 Å². The van der Waals surface area contributed by atoms with E-state index in [1.165, 1.54) is 17.7 Å². The standard InChI is InChI=1S/C17H19F2N3O.HI/c1-11-6-7-14(8-12(11)2)22-17(20)21-10-13-4-3-5-15(9-13)23-16(18)19;/h3-9,16H,10H2,1-2H3,(H3,20,21,22);1H. The van der Waals surface area contributed by atoms with Crippen LogP contribution in [0.1, 0.15) is 16.7 Å². The number of rotatable bonds is 5. The number of ether oxygens (including phenoxy) is 1. The predicted molar refractivity (Wildman–Crippen MR) is 103 cm³/mol. The van der Waals surface area contributed by atoms with Gasteiger partial charge in [0.1, 0.15) is 5.75 Å². The number of nitrogens with one attached hydrogen (secondary N) is 1. The molecule has 0 aliphatic heterocycles. The van der Waals surface area contributed by atoms with Crippen LogP contribution in [0.3, 0.4) is 0 Å². The predicted octanol–water partition coefficient (Wildman–Crippen LogP) is 4.45. The molecule has 0 spiro atoms. The fourth-order valence-corrected chi connectivity index (χ4v) is 2.00. The Balaban J connectivity index is 0.00000288. The molecule has 0 unspecified atom stereocenters. The lowest BCUT2D eigenvalue weighted by Crippen LogP contribution is -2.22. The Morgan fingerprint density at radius 1 is 1.17 bits per heavy atom. The highest BCUT2D eigenvalue weighted by Crippen LogP contribution is 2.17. The minimum absolute atomic E-state index is 0. The van der Waals surface area contributed by atoms with Crippen LogP contribution in [0.5, 0.6) is 5.75 Å². The summed E-state index contributed by atoms with van der Waals surface area (Å²) in [6.45, 7) is 1.47. The molecule has 0 atom stereocenters. The minimum atomic E-state index is -2.84. The molecular weight excluding hydrogens is 427 g/mol. The molecule has 0 fully saturated rings. The molecule has 4 nitrogen and oxygen atoms in total. The van der Waals surface area contributed by atoms with E-state index in [1.807, 2.05) is 32.0 Å². The van der Waals surface area contributed by atoms with Gasteiger partial charge in [-0.25, -0.2) is 4.99 Å². The number of guanidine groups is 1. The molecule has 2 rings (SSSR count). The van der Waals surface area contributed by atoms with Gasteiger partial charge in [-0.2, -0.15) is 8.78 Å². The Hall–Kier alpha value is -1.90. The third kappa shape index (κ3) is 6.31. The molecule has 0 saturated carbocycles. The largest absolute Gasteiger partial charge is 0.435 e. The SMILES string of the molecule is Cc1ccc(NC(N)=NCc2cccc(OC(F)F)c2)cc1C.I. The Morgan fingerprint density at radius 3 is 2.58 bits per heavy atom. The Morgan fingerprint density at radius 2 is 1.92 bits per heavy atom. The number of anilines is 1. The molecule has 2 aromatic carbocycles. The summed E-state index contributed by atoms with van der Waals surface area (Å²) in [7, 11) is 0. The number of nitrogens with two attached hydrogens (primary N) is 1. The van der Waals surface area contributed by atoms with Gasteiger partial charge in [-0.1, -0.05) is 18.2 Å². The highest BCUT2D eigenvalue weighted by atomic mass is 127. The molecule has 0 aliphatic rings. The molecule has 7 heteroatoms. The summed E-state index contributed by atoms with van der Waals surface area (Å²) in [6.07, 6.45) is 0. The van der Waals surface area contributed by atoms with E-state index in [0.29, 0.717) is 0 Å². The summed E-state index contributed by atoms with van der Waals surface area (Å²) in [5, 5.41) is 3.00. The molecule has 0 heterocycles. The molecule has 3 N–H and O–H groups in total. The fraction of sp³-hybridized carbons (Fsp3) is 0.235. The van der Waals surface area contributed by atoms with Crippen LogP contribution in [0.25, 0.3) is 0 Å². The van der Waals surface area contributed by atoms with E-state index in [1.54, 1.807) is 12.1 Å². The van der Waals surface area contributed by atoms with Crippen LogP contribution in [-0.4, -0.2) is 12.6 Å². The van der Waals surface area contributed by atoms with Crippen molar-refractivity contribution in [3.05, 3.63) is 59.2 Å². The maximum atomic E-state index is 12.2. The summed E-state index contributed by atoms with van der Waals surface area (Å²) >= 11 is 0. The summed E-state index contributed by atoms with van der Waals surface area (Å²) in [5.74, 6) is 0.363. The highest BCUT2D eigenvalue weighted by molar-refractivity contribution is 14.0. The molecule has 130 valence electrons. The van der Waals surface area contributed by atoms with Crippen molar-refractivity contribution in [2.75, 3.05) is 5.32 Å². The van der Waals surface area contributed by atoms with Crippen LogP contribution in [0, 0.1) is 13.8 Å². The number of aryl methyl sites for hydroxylation is 2. The lowest BCUT2D eigenvalue weighted by Gasteiger charge is -2.09. The Kier molecular flexibility index (Phi) is 7.90. The van der Waals surface area contributed by atoms with Crippen LogP contribution in [0.15, 0.2) is 47.5 Å². The maximum absolute atomic E-state index is 12.2. The topological polar surface area (TPSA) is 59.6 Å². The number of hydrogen-bond acceptors (Lipinski definition) is 2. The molecule has 0 aromatic heterocycles. The normalized spacial score (nSPS) is 11.1. The zero-order valence-corrected chi connectivity index (χ0v) is 15.8. The number of benzene rings is 2.